The number of carbonyl (C=O) groups is 2. The summed E-state index contributed by atoms with van der Waals surface area (Å²) >= 11 is 2.01. The average Bonchev–Trinajstić information content (AvgIpc) is 2.61. The van der Waals surface area contributed by atoms with Crippen molar-refractivity contribution in [3.8, 4) is 0 Å². The van der Waals surface area contributed by atoms with Crippen molar-refractivity contribution in [2.75, 3.05) is 0 Å². The van der Waals surface area contributed by atoms with Crippen molar-refractivity contribution in [1.29, 1.82) is 0 Å². The molecule has 5 nitrogen and oxygen atoms in total. The van der Waals surface area contributed by atoms with Crippen molar-refractivity contribution >= 4 is 40.4 Å². The van der Waals surface area contributed by atoms with Crippen molar-refractivity contribution in [1.82, 2.24) is 5.43 Å². The van der Waals surface area contributed by atoms with Gasteiger partial charge in [-0.15, -0.1) is 0 Å². The van der Waals surface area contributed by atoms with Gasteiger partial charge in [0.15, 0.2) is 3.77 Å². The van der Waals surface area contributed by atoms with E-state index in [1.807, 2.05) is 28.0 Å². The second-order valence-electron chi connectivity index (χ2n) is 3.16. The van der Waals surface area contributed by atoms with Crippen LogP contribution >= 0.6 is 22.6 Å². The lowest BCUT2D eigenvalue weighted by molar-refractivity contribution is -0.120. The molecule has 0 aliphatic heterocycles. The van der Waals surface area contributed by atoms with Gasteiger partial charge in [-0.2, -0.15) is 0 Å². The standard InChI is InChI=1S/C10H11IN2O3/c1-6(14)4-7(10(15)13-12)5-8-2-3-9(11)16-8/h2-3,5H,4,12H2,1H3,(H,13,15)/b7-5+. The maximum Gasteiger partial charge on any atom is 0.261 e. The van der Waals surface area contributed by atoms with Crippen molar-refractivity contribution in [3.05, 3.63) is 27.2 Å². The van der Waals surface area contributed by atoms with E-state index in [0.29, 0.717) is 9.53 Å². The molecule has 1 aromatic heterocycles. The minimum absolute atomic E-state index is 0.0281. The highest BCUT2D eigenvalue weighted by molar-refractivity contribution is 14.1. The van der Waals surface area contributed by atoms with Crippen LogP contribution in [0.2, 0.25) is 0 Å². The van der Waals surface area contributed by atoms with Crippen LogP contribution < -0.4 is 11.3 Å². The molecule has 6 heteroatoms. The van der Waals surface area contributed by atoms with Crippen molar-refractivity contribution < 1.29 is 14.0 Å². The van der Waals surface area contributed by atoms with Crippen LogP contribution in [0.15, 0.2) is 22.1 Å². The van der Waals surface area contributed by atoms with Gasteiger partial charge < -0.3 is 4.42 Å². The van der Waals surface area contributed by atoms with Gasteiger partial charge in [0, 0.05) is 12.0 Å². The van der Waals surface area contributed by atoms with Gasteiger partial charge in [0.05, 0.1) is 0 Å². The molecule has 16 heavy (non-hydrogen) atoms. The highest BCUT2D eigenvalue weighted by Crippen LogP contribution is 2.15. The Morgan fingerprint density at radius 3 is 2.69 bits per heavy atom. The van der Waals surface area contributed by atoms with E-state index in [1.54, 1.807) is 12.1 Å². The van der Waals surface area contributed by atoms with E-state index in [2.05, 4.69) is 0 Å². The Hall–Kier alpha value is -1.15. The normalized spacial score (nSPS) is 11.3. The number of halogens is 1. The van der Waals surface area contributed by atoms with Crippen LogP contribution in [0.4, 0.5) is 0 Å². The molecule has 0 atom stereocenters. The van der Waals surface area contributed by atoms with Crippen LogP contribution in [0.5, 0.6) is 0 Å². The molecular formula is C10H11IN2O3. The summed E-state index contributed by atoms with van der Waals surface area (Å²) < 4.78 is 5.98. The fraction of sp³-hybridized carbons (Fsp3) is 0.200. The van der Waals surface area contributed by atoms with Gasteiger partial charge in [-0.3, -0.25) is 15.0 Å². The topological polar surface area (TPSA) is 85.3 Å². The molecule has 0 unspecified atom stereocenters. The average molecular weight is 334 g/mol. The van der Waals surface area contributed by atoms with E-state index < -0.39 is 5.91 Å². The molecule has 0 aliphatic rings. The summed E-state index contributed by atoms with van der Waals surface area (Å²) in [6, 6.07) is 3.48. The summed E-state index contributed by atoms with van der Waals surface area (Å²) in [5, 5.41) is 0. The number of hydrogen-bond donors (Lipinski definition) is 2. The fourth-order valence-corrected chi connectivity index (χ4v) is 1.57. The quantitative estimate of drug-likeness (QED) is 0.285. The molecule has 1 heterocycles. The van der Waals surface area contributed by atoms with Gasteiger partial charge >= 0.3 is 0 Å². The van der Waals surface area contributed by atoms with Gasteiger partial charge in [-0.25, -0.2) is 5.84 Å². The first-order valence-electron chi connectivity index (χ1n) is 4.49. The molecule has 0 spiro atoms. The molecule has 86 valence electrons. The SMILES string of the molecule is CC(=O)C/C(=C\c1ccc(I)o1)C(=O)NN. The first kappa shape index (κ1) is 12.9. The summed E-state index contributed by atoms with van der Waals surface area (Å²) in [4.78, 5) is 22.3. The van der Waals surface area contributed by atoms with E-state index in [1.165, 1.54) is 13.0 Å². The van der Waals surface area contributed by atoms with Crippen LogP contribution in [-0.4, -0.2) is 11.7 Å². The van der Waals surface area contributed by atoms with E-state index in [-0.39, 0.29) is 17.8 Å². The third kappa shape index (κ3) is 3.78. The maximum absolute atomic E-state index is 11.4. The van der Waals surface area contributed by atoms with Crippen LogP contribution in [0, 0.1) is 3.77 Å². The third-order valence-electron chi connectivity index (χ3n) is 1.77. The number of rotatable bonds is 4. The van der Waals surface area contributed by atoms with Crippen LogP contribution in [-0.2, 0) is 9.59 Å². The lowest BCUT2D eigenvalue weighted by Crippen LogP contribution is -2.31. The number of Topliss-reactive ketones (excluding diaryl/α,β-unsaturated/α-hetero) is 1. The number of ketones is 1. The van der Waals surface area contributed by atoms with Crippen molar-refractivity contribution in [2.45, 2.75) is 13.3 Å². The van der Waals surface area contributed by atoms with Gasteiger partial charge in [0.2, 0.25) is 0 Å². The van der Waals surface area contributed by atoms with Crippen molar-refractivity contribution in [2.24, 2.45) is 5.84 Å². The summed E-state index contributed by atoms with van der Waals surface area (Å²) in [7, 11) is 0. The number of furan rings is 1. The van der Waals surface area contributed by atoms with Gasteiger partial charge in [0.25, 0.3) is 5.91 Å². The molecule has 0 saturated heterocycles. The summed E-state index contributed by atoms with van der Waals surface area (Å²) in [5.74, 6) is 4.94. The molecule has 3 N–H and O–H groups in total. The fourth-order valence-electron chi connectivity index (χ4n) is 1.14. The van der Waals surface area contributed by atoms with Crippen LogP contribution in [0.25, 0.3) is 6.08 Å². The monoisotopic (exact) mass is 334 g/mol. The van der Waals surface area contributed by atoms with E-state index >= 15 is 0 Å². The zero-order chi connectivity index (χ0) is 12.1. The largest absolute Gasteiger partial charge is 0.451 e. The van der Waals surface area contributed by atoms with Gasteiger partial charge in [-0.1, -0.05) is 0 Å². The molecule has 0 saturated carbocycles. The second kappa shape index (κ2) is 5.80. The Morgan fingerprint density at radius 2 is 2.25 bits per heavy atom. The number of hydrazine groups is 1. The lowest BCUT2D eigenvalue weighted by atomic mass is 10.1. The highest BCUT2D eigenvalue weighted by Gasteiger charge is 2.11. The molecule has 1 rings (SSSR count). The number of carbonyl (C=O) groups excluding carboxylic acids is 2. The predicted octanol–water partition coefficient (Wildman–Crippen LogP) is 1.24. The van der Waals surface area contributed by atoms with E-state index in [9.17, 15) is 9.59 Å². The van der Waals surface area contributed by atoms with Gasteiger partial charge in [0.1, 0.15) is 11.5 Å². The molecule has 0 fully saturated rings. The Kier molecular flexibility index (Phi) is 4.69. The molecule has 0 aromatic carbocycles. The number of hydrogen-bond acceptors (Lipinski definition) is 4. The van der Waals surface area contributed by atoms with E-state index in [0.717, 1.165) is 0 Å². The predicted molar refractivity (Wildman–Crippen MR) is 67.0 cm³/mol. The van der Waals surface area contributed by atoms with Gasteiger partial charge in [-0.05, 0) is 47.7 Å². The smallest absolute Gasteiger partial charge is 0.261 e. The Balaban J connectivity index is 2.95. The summed E-state index contributed by atoms with van der Waals surface area (Å²) in [6.45, 7) is 1.41. The zero-order valence-electron chi connectivity index (χ0n) is 8.62. The summed E-state index contributed by atoms with van der Waals surface area (Å²) in [6.07, 6.45) is 1.53. The number of amides is 1. The molecule has 0 radical (unpaired) electrons. The number of nitrogens with one attached hydrogen (secondary N) is 1. The third-order valence-corrected chi connectivity index (χ3v) is 2.35. The molecule has 0 bridgehead atoms. The molecule has 1 amide bonds. The minimum atomic E-state index is -0.485. The first-order valence-corrected chi connectivity index (χ1v) is 5.57. The van der Waals surface area contributed by atoms with Crippen LogP contribution in [0.1, 0.15) is 19.1 Å². The molecule has 0 aliphatic carbocycles. The van der Waals surface area contributed by atoms with E-state index in [4.69, 9.17) is 10.3 Å². The Morgan fingerprint density at radius 1 is 1.56 bits per heavy atom. The Labute approximate surface area is 106 Å². The summed E-state index contributed by atoms with van der Waals surface area (Å²) in [5.41, 5.74) is 2.27. The van der Waals surface area contributed by atoms with Crippen LogP contribution in [0.3, 0.4) is 0 Å². The number of nitrogens with two attached hydrogens (primary N) is 1. The Bertz CT molecular complexity index is 437. The zero-order valence-corrected chi connectivity index (χ0v) is 10.8. The first-order chi connectivity index (χ1) is 7.52. The second-order valence-corrected chi connectivity index (χ2v) is 4.23. The lowest BCUT2D eigenvalue weighted by Gasteiger charge is -2.02. The minimum Gasteiger partial charge on any atom is -0.451 e. The molecule has 1 aromatic rings. The van der Waals surface area contributed by atoms with Crippen molar-refractivity contribution in [3.63, 3.8) is 0 Å². The highest BCUT2D eigenvalue weighted by atomic mass is 127. The maximum atomic E-state index is 11.4. The molecular weight excluding hydrogens is 323 g/mol.